The minimum Gasteiger partial charge on any atom is -0.598 e. The van der Waals surface area contributed by atoms with Gasteiger partial charge in [-0.15, -0.1) is 4.72 Å². The zero-order chi connectivity index (χ0) is 25.8. The van der Waals surface area contributed by atoms with Gasteiger partial charge in [0, 0.05) is 23.5 Å². The van der Waals surface area contributed by atoms with Crippen LogP contribution < -0.4 is 15.4 Å². The number of amides is 1. The van der Waals surface area contributed by atoms with Gasteiger partial charge >= 0.3 is 12.3 Å². The number of halogens is 4. The van der Waals surface area contributed by atoms with Crippen molar-refractivity contribution in [3.05, 3.63) is 22.5 Å². The Labute approximate surface area is 199 Å². The summed E-state index contributed by atoms with van der Waals surface area (Å²) >= 11 is 4.59. The Kier molecular flexibility index (Phi) is 7.38. The summed E-state index contributed by atoms with van der Waals surface area (Å²) < 4.78 is 61.5. The SMILES string of the molecule is CC(C)(C)OC(=O)N1C[C@@](C)(N[S+]([O-])C(C)(C)C)c2cc(C(O)(CN)C(F)(F)F)nc(Cl)c21. The molecule has 0 radical (unpaired) electrons. The fourth-order valence-corrected chi connectivity index (χ4v) is 4.34. The van der Waals surface area contributed by atoms with Gasteiger partial charge < -0.3 is 20.1 Å². The van der Waals surface area contributed by atoms with Gasteiger partial charge in [0.1, 0.15) is 15.9 Å². The number of hydrogen-bond acceptors (Lipinski definition) is 7. The molecule has 1 aliphatic rings. The molecule has 0 aliphatic carbocycles. The van der Waals surface area contributed by atoms with Crippen LogP contribution in [0.3, 0.4) is 0 Å². The van der Waals surface area contributed by atoms with Gasteiger partial charge in [0.05, 0.1) is 17.9 Å². The molecule has 33 heavy (non-hydrogen) atoms. The molecule has 2 unspecified atom stereocenters. The van der Waals surface area contributed by atoms with Crippen molar-refractivity contribution >= 4 is 34.7 Å². The summed E-state index contributed by atoms with van der Waals surface area (Å²) in [5.41, 5.74) is -1.13. The lowest BCUT2D eigenvalue weighted by Gasteiger charge is -2.33. The molecule has 3 atom stereocenters. The summed E-state index contributed by atoms with van der Waals surface area (Å²) in [5.74, 6) is 0. The number of nitrogens with zero attached hydrogens (tertiary/aromatic N) is 2. The van der Waals surface area contributed by atoms with Gasteiger partial charge in [-0.3, -0.25) is 4.90 Å². The Morgan fingerprint density at radius 3 is 2.33 bits per heavy atom. The summed E-state index contributed by atoms with van der Waals surface area (Å²) in [6, 6.07) is 0.985. The van der Waals surface area contributed by atoms with Crippen molar-refractivity contribution in [2.75, 3.05) is 18.0 Å². The van der Waals surface area contributed by atoms with E-state index in [1.54, 1.807) is 48.5 Å². The van der Waals surface area contributed by atoms with E-state index in [4.69, 9.17) is 22.1 Å². The average molecular weight is 515 g/mol. The van der Waals surface area contributed by atoms with Crippen molar-refractivity contribution in [2.24, 2.45) is 5.73 Å². The number of carbonyl (C=O) groups is 1. The van der Waals surface area contributed by atoms with Crippen LogP contribution >= 0.6 is 11.6 Å². The lowest BCUT2D eigenvalue weighted by molar-refractivity contribution is -0.263. The van der Waals surface area contributed by atoms with Crippen LogP contribution in [-0.4, -0.2) is 50.4 Å². The first-order valence-corrected chi connectivity index (χ1v) is 11.6. The maximum atomic E-state index is 13.7. The number of alkyl halides is 3. The molecule has 0 bridgehead atoms. The maximum absolute atomic E-state index is 13.7. The highest BCUT2D eigenvalue weighted by atomic mass is 35.5. The quantitative estimate of drug-likeness (QED) is 0.415. The summed E-state index contributed by atoms with van der Waals surface area (Å²) in [5, 5.41) is 9.87. The second kappa shape index (κ2) is 8.72. The van der Waals surface area contributed by atoms with Gasteiger partial charge in [0.25, 0.3) is 0 Å². The van der Waals surface area contributed by atoms with Crippen molar-refractivity contribution in [1.82, 2.24) is 9.71 Å². The van der Waals surface area contributed by atoms with E-state index in [0.29, 0.717) is 0 Å². The van der Waals surface area contributed by atoms with E-state index in [1.807, 2.05) is 0 Å². The number of aliphatic hydroxyl groups is 1. The van der Waals surface area contributed by atoms with Gasteiger partial charge in [0.2, 0.25) is 5.60 Å². The summed E-state index contributed by atoms with van der Waals surface area (Å²) in [6.45, 7) is 10.3. The van der Waals surface area contributed by atoms with Crippen LogP contribution in [0.2, 0.25) is 5.15 Å². The number of fused-ring (bicyclic) bond motifs is 1. The van der Waals surface area contributed by atoms with Crippen molar-refractivity contribution in [2.45, 2.75) is 76.1 Å². The molecule has 1 aromatic rings. The number of nitrogens with two attached hydrogens (primary N) is 1. The molecule has 0 aromatic carbocycles. The first kappa shape index (κ1) is 27.9. The monoisotopic (exact) mass is 514 g/mol. The molecular formula is C20H30ClF3N4O4S. The molecule has 1 amide bonds. The van der Waals surface area contributed by atoms with Crippen LogP contribution in [0.25, 0.3) is 0 Å². The number of carbonyl (C=O) groups excluding carboxylic acids is 1. The Hall–Kier alpha value is -1.31. The Morgan fingerprint density at radius 2 is 1.91 bits per heavy atom. The third-order valence-corrected chi connectivity index (χ3v) is 6.98. The number of pyridine rings is 1. The molecule has 0 spiro atoms. The molecule has 1 aromatic heterocycles. The zero-order valence-electron chi connectivity index (χ0n) is 19.6. The molecule has 4 N–H and O–H groups in total. The van der Waals surface area contributed by atoms with Crippen LogP contribution in [0.5, 0.6) is 0 Å². The number of rotatable bonds is 4. The number of nitrogens with one attached hydrogen (secondary N) is 1. The van der Waals surface area contributed by atoms with Gasteiger partial charge in [-0.1, -0.05) is 11.6 Å². The second-order valence-electron chi connectivity index (χ2n) is 10.1. The molecule has 13 heteroatoms. The minimum atomic E-state index is -5.15. The van der Waals surface area contributed by atoms with Crippen LogP contribution in [-0.2, 0) is 27.2 Å². The molecular weight excluding hydrogens is 485 g/mol. The second-order valence-corrected chi connectivity index (χ2v) is 12.5. The molecule has 2 rings (SSSR count). The third kappa shape index (κ3) is 5.51. The molecule has 0 saturated heterocycles. The van der Waals surface area contributed by atoms with Gasteiger partial charge in [-0.05, 0) is 54.5 Å². The lowest BCUT2D eigenvalue weighted by Crippen LogP contribution is -2.53. The number of ether oxygens (including phenoxy) is 1. The smallest absolute Gasteiger partial charge is 0.424 e. The van der Waals surface area contributed by atoms with E-state index in [-0.39, 0.29) is 17.8 Å². The number of anilines is 1. The molecule has 188 valence electrons. The fraction of sp³-hybridized carbons (Fsp3) is 0.700. The van der Waals surface area contributed by atoms with E-state index in [0.717, 1.165) is 11.0 Å². The lowest BCUT2D eigenvalue weighted by atomic mass is 9.91. The predicted octanol–water partition coefficient (Wildman–Crippen LogP) is 3.47. The number of hydrogen-bond donors (Lipinski definition) is 3. The van der Waals surface area contributed by atoms with Gasteiger partial charge in [-0.25, -0.2) is 9.78 Å². The van der Waals surface area contributed by atoms with Crippen LogP contribution in [0.15, 0.2) is 6.07 Å². The summed E-state index contributed by atoms with van der Waals surface area (Å²) in [7, 11) is 0. The normalized spacial score (nSPS) is 22.1. The molecule has 2 heterocycles. The fourth-order valence-electron chi connectivity index (χ4n) is 3.16. The van der Waals surface area contributed by atoms with Crippen molar-refractivity contribution < 1.29 is 32.4 Å². The van der Waals surface area contributed by atoms with E-state index in [9.17, 15) is 27.6 Å². The van der Waals surface area contributed by atoms with Crippen molar-refractivity contribution in [3.8, 4) is 0 Å². The molecule has 8 nitrogen and oxygen atoms in total. The summed E-state index contributed by atoms with van der Waals surface area (Å²) in [4.78, 5) is 17.8. The highest BCUT2D eigenvalue weighted by Crippen LogP contribution is 2.47. The van der Waals surface area contributed by atoms with E-state index in [2.05, 4.69) is 9.71 Å². The van der Waals surface area contributed by atoms with Crippen molar-refractivity contribution in [3.63, 3.8) is 0 Å². The van der Waals surface area contributed by atoms with E-state index >= 15 is 0 Å². The van der Waals surface area contributed by atoms with E-state index < -0.39 is 62.5 Å². The van der Waals surface area contributed by atoms with Crippen LogP contribution in [0.4, 0.5) is 23.7 Å². The Morgan fingerprint density at radius 1 is 1.36 bits per heavy atom. The first-order valence-electron chi connectivity index (χ1n) is 10.1. The van der Waals surface area contributed by atoms with E-state index in [1.165, 1.54) is 0 Å². The Bertz CT molecular complexity index is 922. The highest BCUT2D eigenvalue weighted by molar-refractivity contribution is 7.90. The maximum Gasteiger partial charge on any atom is 0.424 e. The van der Waals surface area contributed by atoms with Gasteiger partial charge in [0.15, 0.2) is 5.15 Å². The van der Waals surface area contributed by atoms with Gasteiger partial charge in [-0.2, -0.15) is 13.2 Å². The zero-order valence-corrected chi connectivity index (χ0v) is 21.1. The molecule has 1 aliphatic heterocycles. The molecule has 0 fully saturated rings. The largest absolute Gasteiger partial charge is 0.598 e. The number of aromatic nitrogens is 1. The van der Waals surface area contributed by atoms with Crippen molar-refractivity contribution in [1.29, 1.82) is 0 Å². The standard InChI is InChI=1S/C20H30ClF3N4O4S/c1-16(2,3)32-15(29)28-10-18(7,27-33(31)17(4,5)6)11-8-12(26-14(21)13(11)28)19(30,9-25)20(22,23)24/h8,27,30H,9-10,25H2,1-7H3/t18-,19?,33?/m1/s1. The third-order valence-electron chi connectivity index (χ3n) is 4.97. The minimum absolute atomic E-state index is 0.00267. The Balaban J connectivity index is 2.72. The average Bonchev–Trinajstić information content (AvgIpc) is 2.91. The highest BCUT2D eigenvalue weighted by Gasteiger charge is 2.57. The first-order chi connectivity index (χ1) is 14.7. The predicted molar refractivity (Wildman–Crippen MR) is 120 cm³/mol. The molecule has 0 saturated carbocycles. The summed E-state index contributed by atoms with van der Waals surface area (Å²) in [6.07, 6.45) is -5.95. The van der Waals surface area contributed by atoms with Crippen LogP contribution in [0.1, 0.15) is 59.7 Å². The topological polar surface area (TPSA) is 124 Å². The van der Waals surface area contributed by atoms with Crippen LogP contribution in [0, 0.1) is 0 Å².